The molecule has 106 valence electrons. The van der Waals surface area contributed by atoms with Crippen molar-refractivity contribution in [1.82, 2.24) is 19.7 Å². The molecule has 0 N–H and O–H groups in total. The largest absolute Gasteiger partial charge is 0.331 e. The van der Waals surface area contributed by atoms with Gasteiger partial charge in [0.25, 0.3) is 0 Å². The first-order valence-electron chi connectivity index (χ1n) is 6.96. The summed E-state index contributed by atoms with van der Waals surface area (Å²) in [6, 6.07) is 1.72. The molecule has 2 atom stereocenters. The highest BCUT2D eigenvalue weighted by molar-refractivity contribution is 7.09. The summed E-state index contributed by atoms with van der Waals surface area (Å²) < 4.78 is 1.72. The molecule has 2 unspecified atom stereocenters. The second kappa shape index (κ2) is 5.75. The molecule has 1 fully saturated rings. The Hall–Kier alpha value is -1.69. The maximum Gasteiger partial charge on any atom is 0.247 e. The van der Waals surface area contributed by atoms with Crippen LogP contribution in [0, 0.1) is 0 Å². The summed E-state index contributed by atoms with van der Waals surface area (Å²) in [6.45, 7) is 2.72. The summed E-state index contributed by atoms with van der Waals surface area (Å²) in [5, 5.41) is 7.20. The van der Waals surface area contributed by atoms with Gasteiger partial charge in [-0.1, -0.05) is 0 Å². The lowest BCUT2D eigenvalue weighted by atomic mass is 10.0. The third-order valence-corrected chi connectivity index (χ3v) is 4.68. The lowest BCUT2D eigenvalue weighted by Gasteiger charge is -2.36. The van der Waals surface area contributed by atoms with Gasteiger partial charge in [0.2, 0.25) is 5.91 Å². The van der Waals surface area contributed by atoms with Gasteiger partial charge in [0.05, 0.1) is 6.04 Å². The second-order valence-corrected chi connectivity index (χ2v) is 6.00. The van der Waals surface area contributed by atoms with Crippen LogP contribution in [0.2, 0.25) is 0 Å². The molecule has 1 saturated heterocycles. The van der Waals surface area contributed by atoms with Crippen LogP contribution in [0.1, 0.15) is 43.3 Å². The van der Waals surface area contributed by atoms with Crippen molar-refractivity contribution in [3.63, 3.8) is 0 Å². The zero-order chi connectivity index (χ0) is 13.9. The van der Waals surface area contributed by atoms with Crippen molar-refractivity contribution in [1.29, 1.82) is 0 Å². The Morgan fingerprint density at radius 3 is 3.05 bits per heavy atom. The van der Waals surface area contributed by atoms with Gasteiger partial charge in [-0.15, -0.1) is 11.3 Å². The van der Waals surface area contributed by atoms with Gasteiger partial charge in [0, 0.05) is 30.5 Å². The molecular formula is C14H18N4OS. The van der Waals surface area contributed by atoms with E-state index in [0.29, 0.717) is 0 Å². The number of hydrogen-bond donors (Lipinski definition) is 0. The number of rotatable bonds is 3. The lowest BCUT2D eigenvalue weighted by molar-refractivity contribution is -0.138. The maximum atomic E-state index is 12.7. The molecule has 2 aromatic rings. The van der Waals surface area contributed by atoms with Crippen molar-refractivity contribution in [3.05, 3.63) is 35.0 Å². The van der Waals surface area contributed by atoms with Crippen LogP contribution in [0.5, 0.6) is 0 Å². The highest BCUT2D eigenvalue weighted by Crippen LogP contribution is 2.33. The Balaban J connectivity index is 1.81. The molecule has 1 amide bonds. The summed E-state index contributed by atoms with van der Waals surface area (Å²) in [4.78, 5) is 19.1. The van der Waals surface area contributed by atoms with Crippen LogP contribution in [0.15, 0.2) is 30.0 Å². The average molecular weight is 290 g/mol. The first-order valence-corrected chi connectivity index (χ1v) is 7.84. The van der Waals surface area contributed by atoms with Crippen LogP contribution >= 0.6 is 11.3 Å². The van der Waals surface area contributed by atoms with Crippen LogP contribution < -0.4 is 0 Å². The molecule has 3 rings (SSSR count). The van der Waals surface area contributed by atoms with Gasteiger partial charge in [-0.3, -0.25) is 9.48 Å². The minimum absolute atomic E-state index is 0.133. The third-order valence-electron chi connectivity index (χ3n) is 3.80. The Labute approximate surface area is 122 Å². The van der Waals surface area contributed by atoms with E-state index in [1.54, 1.807) is 22.2 Å². The first-order chi connectivity index (χ1) is 9.77. The summed E-state index contributed by atoms with van der Waals surface area (Å²) in [6.07, 6.45) is 8.59. The average Bonchev–Trinajstić information content (AvgIpc) is 3.18. The maximum absolute atomic E-state index is 12.7. The monoisotopic (exact) mass is 290 g/mol. The van der Waals surface area contributed by atoms with Crippen LogP contribution in [0.25, 0.3) is 0 Å². The fourth-order valence-corrected chi connectivity index (χ4v) is 3.50. The van der Waals surface area contributed by atoms with Gasteiger partial charge in [-0.25, -0.2) is 4.98 Å². The molecule has 0 saturated carbocycles. The molecule has 0 spiro atoms. The number of likely N-dealkylation sites (tertiary alicyclic amines) is 1. The molecule has 1 aliphatic rings. The number of hydrogen-bond acceptors (Lipinski definition) is 4. The van der Waals surface area contributed by atoms with Gasteiger partial charge in [-0.2, -0.15) is 5.10 Å². The summed E-state index contributed by atoms with van der Waals surface area (Å²) in [5.41, 5.74) is 0. The van der Waals surface area contributed by atoms with E-state index < -0.39 is 0 Å². The predicted molar refractivity (Wildman–Crippen MR) is 77.4 cm³/mol. The van der Waals surface area contributed by atoms with Crippen molar-refractivity contribution in [2.24, 2.45) is 0 Å². The molecule has 0 bridgehead atoms. The Bertz CT molecular complexity index is 552. The lowest BCUT2D eigenvalue weighted by Crippen LogP contribution is -2.42. The number of carbonyl (C=O) groups is 1. The molecule has 2 aromatic heterocycles. The molecule has 3 heterocycles. The second-order valence-electron chi connectivity index (χ2n) is 5.08. The highest BCUT2D eigenvalue weighted by Gasteiger charge is 2.32. The minimum Gasteiger partial charge on any atom is -0.331 e. The normalized spacial score (nSPS) is 20.9. The first kappa shape index (κ1) is 13.3. The van der Waals surface area contributed by atoms with Gasteiger partial charge >= 0.3 is 0 Å². The number of nitrogens with zero attached hydrogens (tertiary/aromatic N) is 4. The molecule has 0 radical (unpaired) electrons. The fourth-order valence-electron chi connectivity index (χ4n) is 2.71. The standard InChI is InChI=1S/C14H18N4OS/c1-11(18-9-4-6-16-18)14(19)17-8-3-2-5-12(17)13-15-7-10-20-13/h4,6-7,9-12H,2-3,5,8H2,1H3. The molecule has 0 aromatic carbocycles. The van der Waals surface area contributed by atoms with E-state index in [1.807, 2.05) is 35.7 Å². The topological polar surface area (TPSA) is 51.0 Å². The van der Waals surface area contributed by atoms with Crippen molar-refractivity contribution < 1.29 is 4.79 Å². The summed E-state index contributed by atoms with van der Waals surface area (Å²) >= 11 is 1.63. The van der Waals surface area contributed by atoms with Crippen LogP contribution in [0.4, 0.5) is 0 Å². The highest BCUT2D eigenvalue weighted by atomic mass is 32.1. The van der Waals surface area contributed by atoms with Gasteiger partial charge < -0.3 is 4.90 Å². The third kappa shape index (κ3) is 2.47. The van der Waals surface area contributed by atoms with Crippen molar-refractivity contribution >= 4 is 17.2 Å². The van der Waals surface area contributed by atoms with E-state index in [2.05, 4.69) is 10.1 Å². The van der Waals surface area contributed by atoms with E-state index in [0.717, 1.165) is 30.8 Å². The van der Waals surface area contributed by atoms with Gasteiger partial charge in [0.15, 0.2) is 0 Å². The molecule has 6 heteroatoms. The zero-order valence-corrected chi connectivity index (χ0v) is 12.3. The number of piperidine rings is 1. The molecule has 1 aliphatic heterocycles. The number of aromatic nitrogens is 3. The molecular weight excluding hydrogens is 272 g/mol. The smallest absolute Gasteiger partial charge is 0.247 e. The van der Waals surface area contributed by atoms with Crippen molar-refractivity contribution in [2.75, 3.05) is 6.54 Å². The van der Waals surface area contributed by atoms with Crippen LogP contribution in [0.3, 0.4) is 0 Å². The van der Waals surface area contributed by atoms with E-state index >= 15 is 0 Å². The number of carbonyl (C=O) groups excluding carboxylic acids is 1. The predicted octanol–water partition coefficient (Wildman–Crippen LogP) is 2.65. The van der Waals surface area contributed by atoms with Crippen LogP contribution in [-0.4, -0.2) is 32.1 Å². The number of thiazole rings is 1. The quantitative estimate of drug-likeness (QED) is 0.873. The van der Waals surface area contributed by atoms with Gasteiger partial charge in [-0.05, 0) is 32.3 Å². The molecule has 20 heavy (non-hydrogen) atoms. The summed E-state index contributed by atoms with van der Waals surface area (Å²) in [7, 11) is 0. The van der Waals surface area contributed by atoms with E-state index in [4.69, 9.17) is 0 Å². The zero-order valence-electron chi connectivity index (χ0n) is 11.5. The molecule has 0 aliphatic carbocycles. The van der Waals surface area contributed by atoms with Crippen LogP contribution in [-0.2, 0) is 4.79 Å². The van der Waals surface area contributed by atoms with E-state index in [1.165, 1.54) is 0 Å². The van der Waals surface area contributed by atoms with Gasteiger partial charge in [0.1, 0.15) is 11.0 Å². The Morgan fingerprint density at radius 2 is 2.35 bits per heavy atom. The molecule has 5 nitrogen and oxygen atoms in total. The minimum atomic E-state index is -0.259. The fraction of sp³-hybridized carbons (Fsp3) is 0.500. The van der Waals surface area contributed by atoms with Crippen molar-refractivity contribution in [2.45, 2.75) is 38.3 Å². The number of amides is 1. The Kier molecular flexibility index (Phi) is 3.82. The van der Waals surface area contributed by atoms with Crippen molar-refractivity contribution in [3.8, 4) is 0 Å². The Morgan fingerprint density at radius 1 is 1.45 bits per heavy atom. The van der Waals surface area contributed by atoms with E-state index in [-0.39, 0.29) is 18.0 Å². The summed E-state index contributed by atoms with van der Waals surface area (Å²) in [5.74, 6) is 0.133. The SMILES string of the molecule is CC(C(=O)N1CCCCC1c1nccs1)n1cccn1. The van der Waals surface area contributed by atoms with E-state index in [9.17, 15) is 4.79 Å².